The first kappa shape index (κ1) is 78.3. The third-order valence-electron chi connectivity index (χ3n) is 17.5. The van der Waals surface area contributed by atoms with Gasteiger partial charge < -0.3 is 81.8 Å². The van der Waals surface area contributed by atoms with Gasteiger partial charge >= 0.3 is 23.9 Å². The number of benzene rings is 4. The van der Waals surface area contributed by atoms with Crippen LogP contribution in [0.4, 0.5) is 22.7 Å². The van der Waals surface area contributed by atoms with Crippen molar-refractivity contribution in [2.24, 2.45) is 64.5 Å². The van der Waals surface area contributed by atoms with E-state index in [1.54, 1.807) is 99.2 Å². The van der Waals surface area contributed by atoms with Crippen LogP contribution in [-0.2, 0) is 63.7 Å². The van der Waals surface area contributed by atoms with Crippen LogP contribution in [0.2, 0.25) is 0 Å². The average molecular weight is 1430 g/mol. The van der Waals surface area contributed by atoms with Gasteiger partial charge in [0.15, 0.2) is 0 Å². The van der Waals surface area contributed by atoms with Crippen molar-refractivity contribution in [2.45, 2.75) is 38.5 Å². The summed E-state index contributed by atoms with van der Waals surface area (Å²) in [6.45, 7) is 18.0. The van der Waals surface area contributed by atoms with Gasteiger partial charge in [-0.15, -0.1) is 0 Å². The normalized spacial score (nSPS) is 19.7. The lowest BCUT2D eigenvalue weighted by atomic mass is 9.93. The second-order valence-corrected chi connectivity index (χ2v) is 24.6. The van der Waals surface area contributed by atoms with Crippen LogP contribution in [-0.4, -0.2) is 108 Å². The van der Waals surface area contributed by atoms with Crippen molar-refractivity contribution in [1.29, 1.82) is 5.41 Å². The number of anilines is 4. The van der Waals surface area contributed by atoms with Gasteiger partial charge in [-0.1, -0.05) is 124 Å². The fourth-order valence-corrected chi connectivity index (χ4v) is 11.8. The van der Waals surface area contributed by atoms with Crippen molar-refractivity contribution in [3.05, 3.63) is 236 Å². The number of carbonyl (C=O) groups excluding carboxylic acids is 8. The van der Waals surface area contributed by atoms with Gasteiger partial charge in [0, 0.05) is 44.9 Å². The van der Waals surface area contributed by atoms with Crippen LogP contribution < -0.4 is 57.4 Å². The predicted octanol–water partition coefficient (Wildman–Crippen LogP) is 11.0. The zero-order valence-corrected chi connectivity index (χ0v) is 59.1. The summed E-state index contributed by atoms with van der Waals surface area (Å²) in [6.07, 6.45) is 24.7. The molecule has 4 fully saturated rings. The van der Waals surface area contributed by atoms with Crippen LogP contribution >= 0.6 is 0 Å². The molecule has 105 heavy (non-hydrogen) atoms. The van der Waals surface area contributed by atoms with Crippen molar-refractivity contribution in [1.82, 2.24) is 0 Å². The zero-order valence-electron chi connectivity index (χ0n) is 59.1. The molecule has 4 aromatic carbocycles. The summed E-state index contributed by atoms with van der Waals surface area (Å²) in [5.41, 5.74) is 23.8. The number of nitrogens with two attached hydrogens (primary N) is 3. The molecule has 0 aromatic heterocycles. The Morgan fingerprint density at radius 2 is 0.790 bits per heavy atom. The lowest BCUT2D eigenvalue weighted by Crippen LogP contribution is -2.22. The first-order valence-corrected chi connectivity index (χ1v) is 33.8. The highest BCUT2D eigenvalue weighted by Gasteiger charge is 2.52. The standard InChI is InChI=1S/C81H88N8O16/c1-10-15-27-57(82)70(72-61(86-74(90)49-43-53(49)78(94)102-39-11-2)31-20-32-62(72)87-75(91)50-44-54(50)79(95)103-40-12-3)59(84)29-18-24-47(69-67(100-8)37-23-38-68(69)101-9)25-19-30-60(85)71(58(83)28-17-16-26-48-65(98-6)35-22-36-66(48)99-7)73-63(88-76(92)51-45-55(51)80(96)104-41-13-4)33-21-34-64(73)89-77(93)52-46-56(52)81(97)105-42-14-5/h10-15,17-25,27-38,49-56,84H,1-5,16,26,39-46,82-83,85H2,6-9H3,(H,86,90)(H,87,91)(H,88,92)(H,89,93)/b25-19+,27-15-,28-17-,29-18-,47-24-,60-30-,70-57+,71-58+,84-59?. The molecule has 0 radical (unpaired) electrons. The molecule has 4 aliphatic carbocycles. The third kappa shape index (κ3) is 20.2. The monoisotopic (exact) mass is 1430 g/mol. The van der Waals surface area contributed by atoms with Gasteiger partial charge in [-0.3, -0.25) is 38.4 Å². The molecular formula is C81H88N8O16. The molecule has 8 unspecified atom stereocenters. The Morgan fingerprint density at radius 1 is 0.438 bits per heavy atom. The maximum atomic E-state index is 14.3. The fraction of sp³-hybridized carbons (Fsp3) is 0.272. The largest absolute Gasteiger partial charge is 0.496 e. The summed E-state index contributed by atoms with van der Waals surface area (Å²) >= 11 is 0. The van der Waals surface area contributed by atoms with E-state index in [2.05, 4.69) is 54.2 Å². The maximum absolute atomic E-state index is 14.3. The minimum absolute atomic E-state index is 0.00332. The first-order chi connectivity index (χ1) is 50.7. The number of rotatable bonds is 39. The van der Waals surface area contributed by atoms with E-state index in [4.69, 9.17) is 55.1 Å². The Hall–Kier alpha value is -12.5. The van der Waals surface area contributed by atoms with Gasteiger partial charge in [-0.2, -0.15) is 0 Å². The summed E-state index contributed by atoms with van der Waals surface area (Å²) in [7, 11) is 6.07. The Kier molecular flexibility index (Phi) is 27.9. The van der Waals surface area contributed by atoms with Gasteiger partial charge in [0.25, 0.3) is 0 Å². The molecule has 24 nitrogen and oxygen atoms in total. The number of methoxy groups -OCH3 is 4. The van der Waals surface area contributed by atoms with Crippen LogP contribution in [0, 0.1) is 52.8 Å². The van der Waals surface area contributed by atoms with E-state index in [0.29, 0.717) is 47.0 Å². The number of allylic oxidation sites excluding steroid dienone is 14. The smallest absolute Gasteiger partial charge is 0.310 e. The van der Waals surface area contributed by atoms with Crippen LogP contribution in [0.25, 0.3) is 16.7 Å². The molecule has 0 spiro atoms. The maximum Gasteiger partial charge on any atom is 0.310 e. The van der Waals surface area contributed by atoms with Crippen LogP contribution in [0.15, 0.2) is 214 Å². The Morgan fingerprint density at radius 3 is 1.16 bits per heavy atom. The second kappa shape index (κ2) is 37.4. The number of hydrogen-bond acceptors (Lipinski definition) is 20. The lowest BCUT2D eigenvalue weighted by Gasteiger charge is -2.21. The molecule has 0 bridgehead atoms. The molecule has 0 heterocycles. The van der Waals surface area contributed by atoms with Gasteiger partial charge in [0.1, 0.15) is 49.4 Å². The molecule has 548 valence electrons. The van der Waals surface area contributed by atoms with Crippen LogP contribution in [0.1, 0.15) is 54.4 Å². The van der Waals surface area contributed by atoms with Crippen molar-refractivity contribution >= 4 is 92.7 Å². The Labute approximate surface area is 610 Å². The Balaban J connectivity index is 1.25. The lowest BCUT2D eigenvalue weighted by molar-refractivity contribution is -0.145. The van der Waals surface area contributed by atoms with Gasteiger partial charge in [-0.25, -0.2) is 0 Å². The highest BCUT2D eigenvalue weighted by Crippen LogP contribution is 2.47. The summed E-state index contributed by atoms with van der Waals surface area (Å²) < 4.78 is 44.2. The highest BCUT2D eigenvalue weighted by atomic mass is 16.5. The molecular weight excluding hydrogens is 1340 g/mol. The second-order valence-electron chi connectivity index (χ2n) is 24.6. The summed E-state index contributed by atoms with van der Waals surface area (Å²) in [5, 5.41) is 21.7. The van der Waals surface area contributed by atoms with E-state index in [1.165, 1.54) is 68.9 Å². The fourth-order valence-electron chi connectivity index (χ4n) is 11.8. The molecule has 0 aliphatic heterocycles. The zero-order chi connectivity index (χ0) is 75.9. The molecule has 4 aliphatic rings. The molecule has 24 heteroatoms. The number of amides is 4. The van der Waals surface area contributed by atoms with Crippen LogP contribution in [0.3, 0.4) is 0 Å². The summed E-state index contributed by atoms with van der Waals surface area (Å²) in [5.74, 6) is -8.53. The van der Waals surface area contributed by atoms with E-state index in [1.807, 2.05) is 24.3 Å². The number of hydrogen-bond donors (Lipinski definition) is 8. The SMILES string of the molecule is C=C/C=C\C(N)=C(\C(=N)\C=C/C=C(/C=C/C=C(N)/C(=C(N)/C=C\CCc1c(OC)cccc1OC)c1c(NC(=O)C2CC2C(=O)OCC=C)cccc1NC(=O)C1CC1C(=O)OCC=C)c1c(OC)cccc1OC)c1c(NC(=O)C2CC2C(=O)OCC=C)cccc1NC(=O)C1CC1C(=O)OCC=C. The van der Waals surface area contributed by atoms with E-state index < -0.39 is 94.8 Å². The number of carbonyl (C=O) groups is 8. The van der Waals surface area contributed by atoms with Crippen molar-refractivity contribution in [3.63, 3.8) is 0 Å². The molecule has 4 saturated carbocycles. The Bertz CT molecular complexity index is 4160. The summed E-state index contributed by atoms with van der Waals surface area (Å²) in [4.78, 5) is 109. The molecule has 8 rings (SSSR count). The van der Waals surface area contributed by atoms with Gasteiger partial charge in [0.05, 0.1) is 110 Å². The quantitative estimate of drug-likeness (QED) is 0.00676. The molecule has 4 aromatic rings. The molecule has 8 atom stereocenters. The first-order valence-electron chi connectivity index (χ1n) is 33.8. The third-order valence-corrected chi connectivity index (χ3v) is 17.5. The van der Waals surface area contributed by atoms with E-state index in [9.17, 15) is 43.8 Å². The van der Waals surface area contributed by atoms with Crippen molar-refractivity contribution in [2.75, 3.05) is 76.1 Å². The molecule has 0 saturated heterocycles. The molecule has 4 amide bonds. The van der Waals surface area contributed by atoms with Gasteiger partial charge in [0.2, 0.25) is 23.6 Å². The summed E-state index contributed by atoms with van der Waals surface area (Å²) in [6, 6.07) is 20.1. The minimum atomic E-state index is -0.779. The highest BCUT2D eigenvalue weighted by molar-refractivity contribution is 6.31. The van der Waals surface area contributed by atoms with Crippen molar-refractivity contribution in [3.8, 4) is 23.0 Å². The van der Waals surface area contributed by atoms with E-state index >= 15 is 0 Å². The van der Waals surface area contributed by atoms with Crippen molar-refractivity contribution < 1.29 is 76.3 Å². The molecule has 11 N–H and O–H groups in total. The van der Waals surface area contributed by atoms with Crippen LogP contribution in [0.5, 0.6) is 23.0 Å². The minimum Gasteiger partial charge on any atom is -0.496 e. The predicted molar refractivity (Wildman–Crippen MR) is 403 cm³/mol. The van der Waals surface area contributed by atoms with E-state index in [0.717, 1.165) is 5.56 Å². The topological polar surface area (TPSA) is 360 Å². The number of ether oxygens (including phenoxy) is 8. The van der Waals surface area contributed by atoms with Gasteiger partial charge in [-0.05, 0) is 117 Å². The number of esters is 4. The van der Waals surface area contributed by atoms with E-state index in [-0.39, 0.29) is 120 Å². The number of nitrogens with one attached hydrogen (secondary N) is 5. The average Bonchev–Trinajstić information content (AvgIpc) is 1.62.